The van der Waals surface area contributed by atoms with E-state index >= 15 is 0 Å². The highest BCUT2D eigenvalue weighted by atomic mass is 16.1. The maximum Gasteiger partial charge on any atom is 0.166 e. The summed E-state index contributed by atoms with van der Waals surface area (Å²) in [5.41, 5.74) is 3.26. The number of rotatable bonds is 3. The van der Waals surface area contributed by atoms with Gasteiger partial charge < -0.3 is 0 Å². The molecule has 92 valence electrons. The average Bonchev–Trinajstić information content (AvgIpc) is 2.80. The largest absolute Gasteiger partial charge is 0.294 e. The van der Waals surface area contributed by atoms with Gasteiger partial charge in [0.25, 0.3) is 0 Å². The Hall–Kier alpha value is -1.11. The summed E-state index contributed by atoms with van der Waals surface area (Å²) in [6.45, 7) is 6.33. The quantitative estimate of drug-likeness (QED) is 0.707. The summed E-state index contributed by atoms with van der Waals surface area (Å²) < 4.78 is 0. The van der Waals surface area contributed by atoms with Gasteiger partial charge in [-0.1, -0.05) is 31.0 Å². The predicted octanol–water partition coefficient (Wildman–Crippen LogP) is 4.31. The van der Waals surface area contributed by atoms with Crippen LogP contribution in [0.5, 0.6) is 0 Å². The average molecular weight is 230 g/mol. The molecule has 0 bridgehead atoms. The molecule has 1 aliphatic carbocycles. The van der Waals surface area contributed by atoms with Crippen LogP contribution in [0.4, 0.5) is 0 Å². The van der Waals surface area contributed by atoms with Crippen LogP contribution >= 0.6 is 0 Å². The Bertz CT molecular complexity index is 420. The van der Waals surface area contributed by atoms with E-state index in [1.807, 2.05) is 6.92 Å². The molecule has 1 saturated carbocycles. The zero-order valence-corrected chi connectivity index (χ0v) is 11.1. The topological polar surface area (TPSA) is 17.1 Å². The molecule has 2 atom stereocenters. The standard InChI is InChI=1S/C16H22O/c1-4-13-7-8-14(10-13)16(17)15-9-11(2)5-6-12(15)3/h5-6,9,13-14H,4,7-8,10H2,1-3H3. The fraction of sp³-hybridized carbons (Fsp3) is 0.562. The second-order valence-corrected chi connectivity index (χ2v) is 5.47. The summed E-state index contributed by atoms with van der Waals surface area (Å²) in [7, 11) is 0. The Kier molecular flexibility index (Phi) is 3.66. The molecule has 0 aromatic heterocycles. The number of ketones is 1. The molecule has 1 aromatic carbocycles. The predicted molar refractivity (Wildman–Crippen MR) is 71.4 cm³/mol. The number of hydrogen-bond acceptors (Lipinski definition) is 1. The molecule has 0 aliphatic heterocycles. The van der Waals surface area contributed by atoms with E-state index in [1.54, 1.807) is 0 Å². The number of carbonyl (C=O) groups is 1. The van der Waals surface area contributed by atoms with Gasteiger partial charge >= 0.3 is 0 Å². The van der Waals surface area contributed by atoms with Gasteiger partial charge in [0, 0.05) is 11.5 Å². The molecule has 1 fully saturated rings. The summed E-state index contributed by atoms with van der Waals surface area (Å²) in [6.07, 6.45) is 4.64. The lowest BCUT2D eigenvalue weighted by Crippen LogP contribution is -2.13. The smallest absolute Gasteiger partial charge is 0.166 e. The third kappa shape index (κ3) is 2.59. The van der Waals surface area contributed by atoms with Gasteiger partial charge in [-0.3, -0.25) is 4.79 Å². The van der Waals surface area contributed by atoms with Gasteiger partial charge in [-0.15, -0.1) is 0 Å². The normalized spacial score (nSPS) is 23.9. The van der Waals surface area contributed by atoms with Crippen LogP contribution in [0.1, 0.15) is 54.1 Å². The van der Waals surface area contributed by atoms with E-state index in [4.69, 9.17) is 0 Å². The van der Waals surface area contributed by atoms with E-state index in [0.29, 0.717) is 5.78 Å². The maximum absolute atomic E-state index is 12.5. The Morgan fingerprint density at radius 2 is 2.06 bits per heavy atom. The second-order valence-electron chi connectivity index (χ2n) is 5.47. The molecule has 1 aromatic rings. The van der Waals surface area contributed by atoms with Crippen molar-refractivity contribution < 1.29 is 4.79 Å². The molecular weight excluding hydrogens is 208 g/mol. The first-order valence-electron chi connectivity index (χ1n) is 6.73. The molecule has 0 radical (unpaired) electrons. The van der Waals surface area contributed by atoms with Crippen LogP contribution in [-0.4, -0.2) is 5.78 Å². The van der Waals surface area contributed by atoms with Gasteiger partial charge in [0.15, 0.2) is 5.78 Å². The first-order chi connectivity index (χ1) is 8.11. The van der Waals surface area contributed by atoms with E-state index in [-0.39, 0.29) is 5.92 Å². The summed E-state index contributed by atoms with van der Waals surface area (Å²) in [4.78, 5) is 12.5. The zero-order chi connectivity index (χ0) is 12.4. The molecule has 17 heavy (non-hydrogen) atoms. The Balaban J connectivity index is 2.17. The molecule has 1 nitrogen and oxygen atoms in total. The molecule has 0 heterocycles. The van der Waals surface area contributed by atoms with Crippen molar-refractivity contribution in [3.8, 4) is 0 Å². The van der Waals surface area contributed by atoms with Crippen LogP contribution in [0.2, 0.25) is 0 Å². The monoisotopic (exact) mass is 230 g/mol. The fourth-order valence-electron chi connectivity index (χ4n) is 2.91. The van der Waals surface area contributed by atoms with Crippen molar-refractivity contribution in [2.24, 2.45) is 11.8 Å². The maximum atomic E-state index is 12.5. The number of hydrogen-bond donors (Lipinski definition) is 0. The summed E-state index contributed by atoms with van der Waals surface area (Å²) in [6, 6.07) is 6.20. The van der Waals surface area contributed by atoms with Gasteiger partial charge in [0.05, 0.1) is 0 Å². The zero-order valence-electron chi connectivity index (χ0n) is 11.1. The SMILES string of the molecule is CCC1CCC(C(=O)c2cc(C)ccc2C)C1. The van der Waals surface area contributed by atoms with Crippen molar-refractivity contribution in [2.45, 2.75) is 46.5 Å². The molecular formula is C16H22O. The van der Waals surface area contributed by atoms with Crippen LogP contribution < -0.4 is 0 Å². The molecule has 2 rings (SSSR count). The van der Waals surface area contributed by atoms with Crippen molar-refractivity contribution in [3.63, 3.8) is 0 Å². The minimum absolute atomic E-state index is 0.278. The Labute approximate surface area is 104 Å². The first kappa shape index (κ1) is 12.3. The van der Waals surface area contributed by atoms with Crippen molar-refractivity contribution in [2.75, 3.05) is 0 Å². The first-order valence-corrected chi connectivity index (χ1v) is 6.73. The minimum atomic E-state index is 0.278. The van der Waals surface area contributed by atoms with Gasteiger partial charge in [0.2, 0.25) is 0 Å². The van der Waals surface area contributed by atoms with E-state index in [1.165, 1.54) is 18.4 Å². The number of carbonyl (C=O) groups excluding carboxylic acids is 1. The molecule has 0 saturated heterocycles. The molecule has 0 N–H and O–H groups in total. The molecule has 1 heteroatoms. The Morgan fingerprint density at radius 3 is 2.71 bits per heavy atom. The molecule has 1 aliphatic rings. The van der Waals surface area contributed by atoms with Crippen LogP contribution in [0, 0.1) is 25.7 Å². The summed E-state index contributed by atoms with van der Waals surface area (Å²) >= 11 is 0. The van der Waals surface area contributed by atoms with E-state index < -0.39 is 0 Å². The van der Waals surface area contributed by atoms with Gasteiger partial charge in [-0.2, -0.15) is 0 Å². The van der Waals surface area contributed by atoms with Crippen LogP contribution in [0.25, 0.3) is 0 Å². The van der Waals surface area contributed by atoms with Gasteiger partial charge in [-0.25, -0.2) is 0 Å². The second kappa shape index (κ2) is 5.03. The Morgan fingerprint density at radius 1 is 1.29 bits per heavy atom. The van der Waals surface area contributed by atoms with E-state index in [2.05, 4.69) is 32.0 Å². The number of benzene rings is 1. The van der Waals surface area contributed by atoms with Gasteiger partial charge in [0.1, 0.15) is 0 Å². The fourth-order valence-corrected chi connectivity index (χ4v) is 2.91. The summed E-state index contributed by atoms with van der Waals surface area (Å²) in [5, 5.41) is 0. The highest BCUT2D eigenvalue weighted by Crippen LogP contribution is 2.35. The number of aryl methyl sites for hydroxylation is 2. The van der Waals surface area contributed by atoms with Crippen LogP contribution in [0.3, 0.4) is 0 Å². The van der Waals surface area contributed by atoms with Crippen LogP contribution in [-0.2, 0) is 0 Å². The van der Waals surface area contributed by atoms with Crippen molar-refractivity contribution in [3.05, 3.63) is 34.9 Å². The molecule has 2 unspecified atom stereocenters. The lowest BCUT2D eigenvalue weighted by molar-refractivity contribution is 0.0919. The highest BCUT2D eigenvalue weighted by molar-refractivity contribution is 5.99. The van der Waals surface area contributed by atoms with E-state index in [0.717, 1.165) is 29.9 Å². The highest BCUT2D eigenvalue weighted by Gasteiger charge is 2.29. The number of Topliss-reactive ketones (excluding diaryl/α,β-unsaturated/α-hetero) is 1. The lowest BCUT2D eigenvalue weighted by Gasteiger charge is -2.12. The van der Waals surface area contributed by atoms with Crippen molar-refractivity contribution >= 4 is 5.78 Å². The third-order valence-corrected chi connectivity index (χ3v) is 4.15. The lowest BCUT2D eigenvalue weighted by atomic mass is 9.91. The van der Waals surface area contributed by atoms with Crippen LogP contribution in [0.15, 0.2) is 18.2 Å². The van der Waals surface area contributed by atoms with Crippen molar-refractivity contribution in [1.82, 2.24) is 0 Å². The van der Waals surface area contributed by atoms with Crippen molar-refractivity contribution in [1.29, 1.82) is 0 Å². The third-order valence-electron chi connectivity index (χ3n) is 4.15. The van der Waals surface area contributed by atoms with Gasteiger partial charge in [-0.05, 0) is 50.7 Å². The minimum Gasteiger partial charge on any atom is -0.294 e. The molecule has 0 spiro atoms. The van der Waals surface area contributed by atoms with E-state index in [9.17, 15) is 4.79 Å². The summed E-state index contributed by atoms with van der Waals surface area (Å²) in [5.74, 6) is 1.43. The molecule has 0 amide bonds.